The van der Waals surface area contributed by atoms with Crippen molar-refractivity contribution in [3.05, 3.63) is 36.7 Å². The second-order valence-corrected chi connectivity index (χ2v) is 5.98. The fourth-order valence-electron chi connectivity index (χ4n) is 2.76. The Kier molecular flexibility index (Phi) is 5.46. The van der Waals surface area contributed by atoms with E-state index in [4.69, 9.17) is 9.15 Å². The number of halogens is 3. The molecule has 9 heteroatoms. The van der Waals surface area contributed by atoms with Crippen molar-refractivity contribution in [3.8, 4) is 11.5 Å². The summed E-state index contributed by atoms with van der Waals surface area (Å²) in [6.07, 6.45) is -1.09. The normalized spacial score (nSPS) is 18.5. The Hall–Kier alpha value is -2.55. The van der Waals surface area contributed by atoms with Gasteiger partial charge in [0.05, 0.1) is 12.3 Å². The number of urea groups is 1. The number of benzene rings is 1. The summed E-state index contributed by atoms with van der Waals surface area (Å²) >= 11 is 0. The van der Waals surface area contributed by atoms with Crippen LogP contribution in [0.3, 0.4) is 0 Å². The zero-order valence-corrected chi connectivity index (χ0v) is 13.8. The van der Waals surface area contributed by atoms with Crippen LogP contribution in [0.2, 0.25) is 0 Å². The zero-order valence-electron chi connectivity index (χ0n) is 13.8. The molecular formula is C17H18F3N3O3. The minimum Gasteiger partial charge on any atom is -0.445 e. The van der Waals surface area contributed by atoms with E-state index in [1.807, 2.05) is 5.32 Å². The molecule has 1 aromatic carbocycles. The molecule has 1 saturated heterocycles. The van der Waals surface area contributed by atoms with E-state index in [1.54, 1.807) is 24.3 Å². The maximum Gasteiger partial charge on any atom is 0.408 e. The molecule has 1 aliphatic rings. The van der Waals surface area contributed by atoms with Crippen LogP contribution in [0.25, 0.3) is 11.5 Å². The van der Waals surface area contributed by atoms with Gasteiger partial charge in [-0.1, -0.05) is 0 Å². The van der Waals surface area contributed by atoms with Crippen LogP contribution >= 0.6 is 0 Å². The topological polar surface area (TPSA) is 76.4 Å². The smallest absolute Gasteiger partial charge is 0.408 e. The number of hydrogen-bond acceptors (Lipinski definition) is 4. The van der Waals surface area contributed by atoms with Crippen LogP contribution in [0.5, 0.6) is 0 Å². The number of ether oxygens (including phenoxy) is 1. The molecule has 0 aliphatic carbocycles. The Bertz CT molecular complexity index is 711. The van der Waals surface area contributed by atoms with Crippen molar-refractivity contribution in [2.24, 2.45) is 0 Å². The fourth-order valence-corrected chi connectivity index (χ4v) is 2.76. The third-order valence-corrected chi connectivity index (χ3v) is 4.05. The molecule has 0 bridgehead atoms. The highest BCUT2D eigenvalue weighted by Crippen LogP contribution is 2.27. The summed E-state index contributed by atoms with van der Waals surface area (Å²) in [5.41, 5.74) is 1.04. The largest absolute Gasteiger partial charge is 0.445 e. The van der Waals surface area contributed by atoms with Gasteiger partial charge in [-0.05, 0) is 37.1 Å². The number of aromatic nitrogens is 1. The maximum absolute atomic E-state index is 13.2. The Labute approximate surface area is 147 Å². The molecule has 1 aliphatic heterocycles. The summed E-state index contributed by atoms with van der Waals surface area (Å²) < 4.78 is 49.9. The first-order valence-electron chi connectivity index (χ1n) is 8.17. The van der Waals surface area contributed by atoms with Gasteiger partial charge in [0.2, 0.25) is 5.89 Å². The monoisotopic (exact) mass is 369 g/mol. The van der Waals surface area contributed by atoms with Crippen LogP contribution in [0.15, 0.2) is 41.1 Å². The molecular weight excluding hydrogens is 351 g/mol. The zero-order chi connectivity index (χ0) is 18.6. The Morgan fingerprint density at radius 3 is 2.65 bits per heavy atom. The van der Waals surface area contributed by atoms with Crippen LogP contribution in [-0.4, -0.2) is 35.9 Å². The van der Waals surface area contributed by atoms with Gasteiger partial charge in [-0.3, -0.25) is 0 Å². The Balaban J connectivity index is 1.59. The predicted molar refractivity (Wildman–Crippen MR) is 87.5 cm³/mol. The van der Waals surface area contributed by atoms with Gasteiger partial charge >= 0.3 is 12.2 Å². The van der Waals surface area contributed by atoms with E-state index in [0.29, 0.717) is 30.2 Å². The van der Waals surface area contributed by atoms with E-state index in [-0.39, 0.29) is 6.42 Å². The highest BCUT2D eigenvalue weighted by Gasteiger charge is 2.42. The summed E-state index contributed by atoms with van der Waals surface area (Å²) in [4.78, 5) is 16.0. The van der Waals surface area contributed by atoms with E-state index in [9.17, 15) is 18.0 Å². The molecule has 0 radical (unpaired) electrons. The average Bonchev–Trinajstić information content (AvgIpc) is 3.28. The SMILES string of the molecule is O=C(Nc1ccc(-c2ncco2)cc1)NC(CC1CCCO1)C(F)(F)F. The van der Waals surface area contributed by atoms with Crippen molar-refractivity contribution in [1.29, 1.82) is 0 Å². The number of hydrogen-bond donors (Lipinski definition) is 2. The van der Waals surface area contributed by atoms with E-state index in [1.165, 1.54) is 12.5 Å². The van der Waals surface area contributed by atoms with Gasteiger partial charge < -0.3 is 19.8 Å². The van der Waals surface area contributed by atoms with Gasteiger partial charge in [-0.15, -0.1) is 0 Å². The van der Waals surface area contributed by atoms with E-state index >= 15 is 0 Å². The number of nitrogens with zero attached hydrogens (tertiary/aromatic N) is 1. The second kappa shape index (κ2) is 7.77. The number of alkyl halides is 3. The van der Waals surface area contributed by atoms with Crippen LogP contribution in [0.1, 0.15) is 19.3 Å². The minimum absolute atomic E-state index is 0.292. The molecule has 2 N–H and O–H groups in total. The lowest BCUT2D eigenvalue weighted by molar-refractivity contribution is -0.159. The van der Waals surface area contributed by atoms with Crippen molar-refractivity contribution >= 4 is 11.7 Å². The number of oxazole rings is 1. The second-order valence-electron chi connectivity index (χ2n) is 5.98. The lowest BCUT2D eigenvalue weighted by Crippen LogP contribution is -2.48. The summed E-state index contributed by atoms with van der Waals surface area (Å²) in [5.74, 6) is 0.412. The fraction of sp³-hybridized carbons (Fsp3) is 0.412. The Morgan fingerprint density at radius 1 is 1.31 bits per heavy atom. The maximum atomic E-state index is 13.2. The van der Waals surface area contributed by atoms with Gasteiger partial charge in [-0.2, -0.15) is 13.2 Å². The van der Waals surface area contributed by atoms with Crippen LogP contribution in [-0.2, 0) is 4.74 Å². The number of nitrogens with one attached hydrogen (secondary N) is 2. The van der Waals surface area contributed by atoms with Gasteiger partial charge in [0.25, 0.3) is 0 Å². The molecule has 0 spiro atoms. The van der Waals surface area contributed by atoms with E-state index < -0.39 is 24.4 Å². The molecule has 1 aromatic heterocycles. The van der Waals surface area contributed by atoms with Gasteiger partial charge in [0, 0.05) is 24.3 Å². The van der Waals surface area contributed by atoms with Gasteiger partial charge in [-0.25, -0.2) is 9.78 Å². The van der Waals surface area contributed by atoms with Crippen molar-refractivity contribution in [2.45, 2.75) is 37.6 Å². The van der Waals surface area contributed by atoms with E-state index in [2.05, 4.69) is 10.3 Å². The molecule has 2 atom stereocenters. The molecule has 6 nitrogen and oxygen atoms in total. The van der Waals surface area contributed by atoms with Gasteiger partial charge in [0.1, 0.15) is 12.3 Å². The molecule has 2 aromatic rings. The van der Waals surface area contributed by atoms with Gasteiger partial charge in [0.15, 0.2) is 0 Å². The number of carbonyl (C=O) groups is 1. The quantitative estimate of drug-likeness (QED) is 0.836. The first-order valence-corrected chi connectivity index (χ1v) is 8.17. The summed E-state index contributed by atoms with van der Waals surface area (Å²) in [7, 11) is 0. The van der Waals surface area contributed by atoms with Crippen molar-refractivity contribution in [1.82, 2.24) is 10.3 Å². The predicted octanol–water partition coefficient (Wildman–Crippen LogP) is 3.96. The van der Waals surface area contributed by atoms with Crippen molar-refractivity contribution in [3.63, 3.8) is 0 Å². The van der Waals surface area contributed by atoms with Crippen molar-refractivity contribution < 1.29 is 27.1 Å². The van der Waals surface area contributed by atoms with Crippen molar-refractivity contribution in [2.75, 3.05) is 11.9 Å². The number of anilines is 1. The number of amides is 2. The highest BCUT2D eigenvalue weighted by molar-refractivity contribution is 5.89. The summed E-state index contributed by atoms with van der Waals surface area (Å²) in [5, 5.41) is 4.39. The first-order chi connectivity index (χ1) is 12.4. The lowest BCUT2D eigenvalue weighted by atomic mass is 10.1. The molecule has 26 heavy (non-hydrogen) atoms. The number of carbonyl (C=O) groups excluding carboxylic acids is 1. The highest BCUT2D eigenvalue weighted by atomic mass is 19.4. The molecule has 140 valence electrons. The first kappa shape index (κ1) is 18.2. The Morgan fingerprint density at radius 2 is 2.08 bits per heavy atom. The third kappa shape index (κ3) is 4.75. The standard InChI is InChI=1S/C17H18F3N3O3/c18-17(19,20)14(10-13-2-1-8-25-13)23-16(24)22-12-5-3-11(4-6-12)15-21-7-9-26-15/h3-7,9,13-14H,1-2,8,10H2,(H2,22,23,24). The minimum atomic E-state index is -4.54. The van der Waals surface area contributed by atoms with Crippen LogP contribution in [0, 0.1) is 0 Å². The van der Waals surface area contributed by atoms with Crippen LogP contribution < -0.4 is 10.6 Å². The third-order valence-electron chi connectivity index (χ3n) is 4.05. The molecule has 3 rings (SSSR count). The molecule has 2 unspecified atom stereocenters. The summed E-state index contributed by atoms with van der Waals surface area (Å²) in [6, 6.07) is 3.53. The van der Waals surface area contributed by atoms with E-state index in [0.717, 1.165) is 6.42 Å². The average molecular weight is 369 g/mol. The molecule has 0 saturated carbocycles. The molecule has 2 amide bonds. The summed E-state index contributed by atoms with van der Waals surface area (Å²) in [6.45, 7) is 0.457. The number of rotatable bonds is 5. The molecule has 1 fully saturated rings. The van der Waals surface area contributed by atoms with Crippen LogP contribution in [0.4, 0.5) is 23.7 Å². The lowest BCUT2D eigenvalue weighted by Gasteiger charge is -2.24. The molecule has 2 heterocycles.